The van der Waals surface area contributed by atoms with Crippen LogP contribution in [0.2, 0.25) is 0 Å². The molecule has 1 fully saturated rings. The molecule has 0 radical (unpaired) electrons. The summed E-state index contributed by atoms with van der Waals surface area (Å²) in [5.74, 6) is 0.518. The van der Waals surface area contributed by atoms with Gasteiger partial charge in [-0.1, -0.05) is 47.3 Å². The lowest BCUT2D eigenvalue weighted by Crippen LogP contribution is -2.42. The lowest BCUT2D eigenvalue weighted by molar-refractivity contribution is 0.301. The second-order valence-electron chi connectivity index (χ2n) is 6.84. The minimum absolute atomic E-state index is 0.0321. The van der Waals surface area contributed by atoms with Crippen LogP contribution in [0.15, 0.2) is 33.7 Å². The van der Waals surface area contributed by atoms with E-state index in [2.05, 4.69) is 44.8 Å². The summed E-state index contributed by atoms with van der Waals surface area (Å²) in [5, 5.41) is 11.3. The van der Waals surface area contributed by atoms with E-state index >= 15 is 0 Å². The van der Waals surface area contributed by atoms with Gasteiger partial charge < -0.3 is 10.6 Å². The van der Waals surface area contributed by atoms with Crippen molar-refractivity contribution in [2.24, 2.45) is 10.1 Å². The van der Waals surface area contributed by atoms with E-state index in [1.54, 1.807) is 0 Å². The Morgan fingerprint density at radius 3 is 2.62 bits per heavy atom. The van der Waals surface area contributed by atoms with Gasteiger partial charge in [-0.3, -0.25) is 4.99 Å². The largest absolute Gasteiger partial charge is 0.357 e. The van der Waals surface area contributed by atoms with Crippen LogP contribution in [-0.4, -0.2) is 39.8 Å². The number of hydrogen-bond acceptors (Lipinski definition) is 3. The quantitative estimate of drug-likeness (QED) is 0.444. The SMILES string of the molecule is CCNC(=NCC1(c2cccc(Br)c2)CCCCC1)NCCS(N)(=O)=O. The van der Waals surface area contributed by atoms with E-state index in [0.29, 0.717) is 19.0 Å². The number of aliphatic imine (C=N–C) groups is 1. The first-order valence-electron chi connectivity index (χ1n) is 9.13. The third kappa shape index (κ3) is 6.55. The van der Waals surface area contributed by atoms with Crippen molar-refractivity contribution in [2.75, 3.05) is 25.4 Å². The highest BCUT2D eigenvalue weighted by Crippen LogP contribution is 2.40. The summed E-state index contributed by atoms with van der Waals surface area (Å²) in [6, 6.07) is 8.51. The molecule has 2 rings (SSSR count). The Hall–Kier alpha value is -1.12. The second-order valence-corrected chi connectivity index (χ2v) is 9.49. The Bertz CT molecular complexity index is 716. The van der Waals surface area contributed by atoms with Crippen LogP contribution >= 0.6 is 15.9 Å². The number of primary sulfonamides is 1. The third-order valence-electron chi connectivity index (χ3n) is 4.81. The number of hydrogen-bond donors (Lipinski definition) is 3. The van der Waals surface area contributed by atoms with Gasteiger partial charge in [-0.15, -0.1) is 0 Å². The van der Waals surface area contributed by atoms with Crippen molar-refractivity contribution in [3.8, 4) is 0 Å². The van der Waals surface area contributed by atoms with Gasteiger partial charge in [-0.05, 0) is 37.5 Å². The van der Waals surface area contributed by atoms with Gasteiger partial charge in [0.1, 0.15) is 0 Å². The lowest BCUT2D eigenvalue weighted by Gasteiger charge is -2.37. The summed E-state index contributed by atoms with van der Waals surface area (Å²) in [6.07, 6.45) is 5.91. The topological polar surface area (TPSA) is 96.6 Å². The number of benzene rings is 1. The molecule has 146 valence electrons. The van der Waals surface area contributed by atoms with Gasteiger partial charge in [-0.2, -0.15) is 0 Å². The van der Waals surface area contributed by atoms with E-state index in [-0.39, 0.29) is 17.7 Å². The average molecular weight is 445 g/mol. The fraction of sp³-hybridized carbons (Fsp3) is 0.611. The van der Waals surface area contributed by atoms with Gasteiger partial charge in [0.15, 0.2) is 5.96 Å². The maximum absolute atomic E-state index is 11.1. The molecule has 1 saturated carbocycles. The van der Waals surface area contributed by atoms with Crippen molar-refractivity contribution in [1.82, 2.24) is 10.6 Å². The Kier molecular flexibility index (Phi) is 7.91. The van der Waals surface area contributed by atoms with E-state index in [9.17, 15) is 8.42 Å². The molecule has 0 saturated heterocycles. The van der Waals surface area contributed by atoms with Gasteiger partial charge in [0.2, 0.25) is 10.0 Å². The summed E-state index contributed by atoms with van der Waals surface area (Å²) in [5.41, 5.74) is 1.35. The summed E-state index contributed by atoms with van der Waals surface area (Å²) in [7, 11) is -3.48. The first-order chi connectivity index (χ1) is 12.3. The number of sulfonamides is 1. The molecular formula is C18H29BrN4O2S. The van der Waals surface area contributed by atoms with Crippen LogP contribution in [0.5, 0.6) is 0 Å². The fourth-order valence-corrected chi connectivity index (χ4v) is 4.25. The molecule has 1 aromatic carbocycles. The zero-order valence-electron chi connectivity index (χ0n) is 15.3. The van der Waals surface area contributed by atoms with Crippen LogP contribution in [0, 0.1) is 0 Å². The molecule has 1 aliphatic rings. The molecule has 0 heterocycles. The molecule has 6 nitrogen and oxygen atoms in total. The van der Waals surface area contributed by atoms with Crippen LogP contribution in [0.3, 0.4) is 0 Å². The Morgan fingerprint density at radius 1 is 1.27 bits per heavy atom. The normalized spacial score (nSPS) is 17.7. The summed E-state index contributed by atoms with van der Waals surface area (Å²) in [4.78, 5) is 4.78. The highest BCUT2D eigenvalue weighted by molar-refractivity contribution is 9.10. The zero-order chi connectivity index (χ0) is 19.0. The van der Waals surface area contributed by atoms with Crippen LogP contribution in [-0.2, 0) is 15.4 Å². The van der Waals surface area contributed by atoms with E-state index in [1.807, 2.05) is 13.0 Å². The summed E-state index contributed by atoms with van der Waals surface area (Å²) in [6.45, 7) is 3.62. The molecule has 0 unspecified atom stereocenters. The van der Waals surface area contributed by atoms with Gasteiger partial charge >= 0.3 is 0 Å². The predicted octanol–water partition coefficient (Wildman–Crippen LogP) is 2.49. The lowest BCUT2D eigenvalue weighted by atomic mass is 9.69. The van der Waals surface area contributed by atoms with E-state index in [0.717, 1.165) is 17.3 Å². The summed E-state index contributed by atoms with van der Waals surface area (Å²) >= 11 is 3.58. The third-order valence-corrected chi connectivity index (χ3v) is 6.08. The molecule has 26 heavy (non-hydrogen) atoms. The Morgan fingerprint density at radius 2 is 2.00 bits per heavy atom. The maximum Gasteiger partial charge on any atom is 0.210 e. The van der Waals surface area contributed by atoms with Crippen LogP contribution < -0.4 is 15.8 Å². The molecule has 1 aromatic rings. The Balaban J connectivity index is 2.15. The van der Waals surface area contributed by atoms with Gasteiger partial charge in [-0.25, -0.2) is 13.6 Å². The minimum Gasteiger partial charge on any atom is -0.357 e. The fourth-order valence-electron chi connectivity index (χ4n) is 3.47. The molecule has 0 aliphatic heterocycles. The highest BCUT2D eigenvalue weighted by atomic mass is 79.9. The van der Waals surface area contributed by atoms with Gasteiger partial charge in [0, 0.05) is 23.0 Å². The molecule has 0 amide bonds. The van der Waals surface area contributed by atoms with Crippen molar-refractivity contribution in [2.45, 2.75) is 44.4 Å². The molecule has 0 atom stereocenters. The number of guanidine groups is 1. The number of nitrogens with one attached hydrogen (secondary N) is 2. The van der Waals surface area contributed by atoms with E-state index < -0.39 is 10.0 Å². The van der Waals surface area contributed by atoms with Gasteiger partial charge in [0.05, 0.1) is 12.3 Å². The van der Waals surface area contributed by atoms with Crippen molar-refractivity contribution in [3.05, 3.63) is 34.3 Å². The molecular weight excluding hydrogens is 416 g/mol. The maximum atomic E-state index is 11.1. The Labute approximate surface area is 165 Å². The van der Waals surface area contributed by atoms with Crippen LogP contribution in [0.4, 0.5) is 0 Å². The van der Waals surface area contributed by atoms with Gasteiger partial charge in [0.25, 0.3) is 0 Å². The molecule has 0 bridgehead atoms. The molecule has 0 aromatic heterocycles. The average Bonchev–Trinajstić information content (AvgIpc) is 2.59. The standard InChI is InChI=1S/C18H29BrN4O2S/c1-2-21-17(22-11-12-26(20,24)25)23-14-18(9-4-3-5-10-18)15-7-6-8-16(19)13-15/h6-8,13H,2-5,9-12,14H2,1H3,(H2,20,24,25)(H2,21,22,23). The summed E-state index contributed by atoms with van der Waals surface area (Å²) < 4.78 is 23.3. The first-order valence-corrected chi connectivity index (χ1v) is 11.6. The monoisotopic (exact) mass is 444 g/mol. The zero-order valence-corrected chi connectivity index (χ0v) is 17.7. The van der Waals surface area contributed by atoms with E-state index in [1.165, 1.54) is 24.8 Å². The minimum atomic E-state index is -3.48. The molecule has 4 N–H and O–H groups in total. The van der Waals surface area contributed by atoms with Crippen LogP contribution in [0.25, 0.3) is 0 Å². The molecule has 0 spiro atoms. The molecule has 1 aliphatic carbocycles. The highest BCUT2D eigenvalue weighted by Gasteiger charge is 2.34. The first kappa shape index (κ1) is 21.2. The second kappa shape index (κ2) is 9.71. The van der Waals surface area contributed by atoms with Crippen LogP contribution in [0.1, 0.15) is 44.6 Å². The number of nitrogens with zero attached hydrogens (tertiary/aromatic N) is 1. The number of halogens is 1. The predicted molar refractivity (Wildman–Crippen MR) is 111 cm³/mol. The van der Waals surface area contributed by atoms with Crippen molar-refractivity contribution in [3.63, 3.8) is 0 Å². The smallest absolute Gasteiger partial charge is 0.210 e. The van der Waals surface area contributed by atoms with Crippen molar-refractivity contribution >= 4 is 31.9 Å². The number of nitrogens with two attached hydrogens (primary N) is 1. The number of rotatable bonds is 7. The molecule has 8 heteroatoms. The van der Waals surface area contributed by atoms with E-state index in [4.69, 9.17) is 10.1 Å². The van der Waals surface area contributed by atoms with Crippen molar-refractivity contribution in [1.29, 1.82) is 0 Å². The van der Waals surface area contributed by atoms with Crippen molar-refractivity contribution < 1.29 is 8.42 Å².